The largest absolute Gasteiger partial charge is 0.374 e. The van der Waals surface area contributed by atoms with E-state index in [0.29, 0.717) is 24.4 Å². The summed E-state index contributed by atoms with van der Waals surface area (Å²) in [5.74, 6) is -5.06. The number of carbonyl (C=O) groups is 2. The smallest absolute Gasteiger partial charge is 0.254 e. The van der Waals surface area contributed by atoms with Crippen molar-refractivity contribution in [2.24, 2.45) is 5.92 Å². The molecule has 168 valence electrons. The lowest BCUT2D eigenvalue weighted by molar-refractivity contribution is -0.116. The molecule has 2 aromatic rings. The van der Waals surface area contributed by atoms with Gasteiger partial charge >= 0.3 is 0 Å². The molecule has 2 amide bonds. The van der Waals surface area contributed by atoms with E-state index >= 15 is 0 Å². The third-order valence-corrected chi connectivity index (χ3v) is 4.62. The number of rotatable bonds is 9. The Morgan fingerprint density at radius 3 is 2.23 bits per heavy atom. The summed E-state index contributed by atoms with van der Waals surface area (Å²) in [5.41, 5.74) is 0.908. The number of carbonyl (C=O) groups excluding carboxylic acids is 2. The Labute approximate surface area is 180 Å². The van der Waals surface area contributed by atoms with Crippen molar-refractivity contribution < 1.29 is 22.8 Å². The molecule has 0 saturated heterocycles. The lowest BCUT2D eigenvalue weighted by Crippen LogP contribution is -2.38. The van der Waals surface area contributed by atoms with Gasteiger partial charge in [-0.25, -0.2) is 13.2 Å². The van der Waals surface area contributed by atoms with E-state index in [4.69, 9.17) is 0 Å². The predicted molar refractivity (Wildman–Crippen MR) is 116 cm³/mol. The molecule has 0 aromatic heterocycles. The first-order valence-corrected chi connectivity index (χ1v) is 10.2. The number of halogens is 3. The van der Waals surface area contributed by atoms with E-state index in [0.717, 1.165) is 24.4 Å². The fourth-order valence-corrected chi connectivity index (χ4v) is 3.20. The van der Waals surface area contributed by atoms with Gasteiger partial charge in [0.2, 0.25) is 5.91 Å². The van der Waals surface area contributed by atoms with Crippen LogP contribution in [0.5, 0.6) is 0 Å². The van der Waals surface area contributed by atoms with Crippen LogP contribution in [0.3, 0.4) is 0 Å². The van der Waals surface area contributed by atoms with Crippen molar-refractivity contribution in [2.45, 2.75) is 27.2 Å². The predicted octanol–water partition coefficient (Wildman–Crippen LogP) is 4.69. The van der Waals surface area contributed by atoms with Gasteiger partial charge in [0.1, 0.15) is 6.54 Å². The maximum atomic E-state index is 13.8. The monoisotopic (exact) mass is 435 g/mol. The molecule has 8 heteroatoms. The summed E-state index contributed by atoms with van der Waals surface area (Å²) in [5, 5.41) is 2.19. The van der Waals surface area contributed by atoms with E-state index in [1.54, 1.807) is 12.1 Å². The highest BCUT2D eigenvalue weighted by atomic mass is 19.2. The van der Waals surface area contributed by atoms with E-state index in [-0.39, 0.29) is 12.5 Å². The topological polar surface area (TPSA) is 52.7 Å². The number of hydrogen-bond donors (Lipinski definition) is 1. The zero-order valence-electron chi connectivity index (χ0n) is 18.2. The summed E-state index contributed by atoms with van der Waals surface area (Å²) in [6.07, 6.45) is 0.605. The molecule has 2 aromatic carbocycles. The first-order valence-electron chi connectivity index (χ1n) is 10.2. The summed E-state index contributed by atoms with van der Waals surface area (Å²) in [6, 6.07) is 8.74. The van der Waals surface area contributed by atoms with Gasteiger partial charge in [-0.3, -0.25) is 9.59 Å². The number of nitrogens with zero attached hydrogens (tertiary/aromatic N) is 2. The van der Waals surface area contributed by atoms with Gasteiger partial charge in [-0.05, 0) is 48.7 Å². The molecule has 0 saturated carbocycles. The van der Waals surface area contributed by atoms with E-state index in [1.807, 2.05) is 26.1 Å². The molecule has 31 heavy (non-hydrogen) atoms. The van der Waals surface area contributed by atoms with Gasteiger partial charge < -0.3 is 15.1 Å². The molecule has 0 unspecified atom stereocenters. The minimum Gasteiger partial charge on any atom is -0.374 e. The Balaban J connectivity index is 2.10. The molecular formula is C23H28F3N3O2. The van der Waals surface area contributed by atoms with Crippen LogP contribution in [-0.4, -0.2) is 43.4 Å². The van der Waals surface area contributed by atoms with Gasteiger partial charge in [-0.2, -0.15) is 0 Å². The van der Waals surface area contributed by atoms with Crippen LogP contribution in [0.25, 0.3) is 0 Å². The molecule has 0 aliphatic rings. The van der Waals surface area contributed by atoms with Crippen molar-refractivity contribution in [1.82, 2.24) is 4.90 Å². The number of benzene rings is 2. The lowest BCUT2D eigenvalue weighted by Gasteiger charge is -2.23. The maximum Gasteiger partial charge on any atom is 0.254 e. The lowest BCUT2D eigenvalue weighted by atomic mass is 10.1. The van der Waals surface area contributed by atoms with Crippen molar-refractivity contribution in [3.05, 3.63) is 59.4 Å². The minimum atomic E-state index is -1.66. The third-order valence-electron chi connectivity index (χ3n) is 4.62. The van der Waals surface area contributed by atoms with E-state index in [1.165, 1.54) is 4.90 Å². The molecular weight excluding hydrogens is 407 g/mol. The standard InChI is InChI=1S/C23H28F3N3O2/c1-5-12-29(14-20(30)27-19-11-10-18(24)21(25)22(19)26)23(31)16-6-8-17(9-7-16)28(4)13-15(2)3/h6-11,15H,5,12-14H2,1-4H3,(H,27,30). The van der Waals surface area contributed by atoms with Crippen molar-refractivity contribution in [1.29, 1.82) is 0 Å². The normalized spacial score (nSPS) is 10.8. The molecule has 0 aliphatic carbocycles. The van der Waals surface area contributed by atoms with Crippen LogP contribution in [0.2, 0.25) is 0 Å². The SMILES string of the molecule is CCCN(CC(=O)Nc1ccc(F)c(F)c1F)C(=O)c1ccc(N(C)CC(C)C)cc1. The second-order valence-corrected chi connectivity index (χ2v) is 7.82. The van der Waals surface area contributed by atoms with Gasteiger partial charge in [0.25, 0.3) is 5.91 Å². The van der Waals surface area contributed by atoms with Gasteiger partial charge in [-0.15, -0.1) is 0 Å². The van der Waals surface area contributed by atoms with Crippen molar-refractivity contribution in [3.8, 4) is 0 Å². The fraction of sp³-hybridized carbons (Fsp3) is 0.391. The zero-order valence-corrected chi connectivity index (χ0v) is 18.2. The first kappa shape index (κ1) is 24.2. The summed E-state index contributed by atoms with van der Waals surface area (Å²) in [7, 11) is 1.97. The number of amides is 2. The third kappa shape index (κ3) is 6.47. The van der Waals surface area contributed by atoms with Crippen molar-refractivity contribution in [3.63, 3.8) is 0 Å². The van der Waals surface area contributed by atoms with Crippen LogP contribution >= 0.6 is 0 Å². The maximum absolute atomic E-state index is 13.8. The van der Waals surface area contributed by atoms with Gasteiger partial charge in [-0.1, -0.05) is 20.8 Å². The first-order chi connectivity index (χ1) is 14.6. The van der Waals surface area contributed by atoms with E-state index in [9.17, 15) is 22.8 Å². The average molecular weight is 435 g/mol. The molecule has 2 rings (SSSR count). The molecule has 0 aliphatic heterocycles. The molecule has 0 heterocycles. The van der Waals surface area contributed by atoms with Crippen molar-refractivity contribution in [2.75, 3.05) is 36.9 Å². The second-order valence-electron chi connectivity index (χ2n) is 7.82. The quantitative estimate of drug-likeness (QED) is 0.582. The van der Waals surface area contributed by atoms with Crippen molar-refractivity contribution >= 4 is 23.2 Å². The number of hydrogen-bond acceptors (Lipinski definition) is 3. The number of anilines is 2. The Hall–Kier alpha value is -3.03. The molecule has 0 atom stereocenters. The summed E-state index contributed by atoms with van der Waals surface area (Å²) >= 11 is 0. The van der Waals surface area contributed by atoms with Crippen LogP contribution in [-0.2, 0) is 4.79 Å². The Morgan fingerprint density at radius 1 is 1.00 bits per heavy atom. The minimum absolute atomic E-state index is 0.307. The zero-order chi connectivity index (χ0) is 23.1. The Kier molecular flexibility index (Phi) is 8.47. The molecule has 0 bridgehead atoms. The highest BCUT2D eigenvalue weighted by molar-refractivity contribution is 5.99. The number of nitrogens with one attached hydrogen (secondary N) is 1. The van der Waals surface area contributed by atoms with Gasteiger partial charge in [0.05, 0.1) is 5.69 Å². The Morgan fingerprint density at radius 2 is 1.65 bits per heavy atom. The molecule has 1 N–H and O–H groups in total. The second kappa shape index (κ2) is 10.8. The molecule has 0 fully saturated rings. The summed E-state index contributed by atoms with van der Waals surface area (Å²) < 4.78 is 40.2. The fourth-order valence-electron chi connectivity index (χ4n) is 3.20. The highest BCUT2D eigenvalue weighted by Gasteiger charge is 2.20. The van der Waals surface area contributed by atoms with E-state index in [2.05, 4.69) is 24.1 Å². The average Bonchev–Trinajstić information content (AvgIpc) is 2.73. The van der Waals surface area contributed by atoms with Crippen LogP contribution in [0.15, 0.2) is 36.4 Å². The van der Waals surface area contributed by atoms with Gasteiger partial charge in [0.15, 0.2) is 17.5 Å². The Bertz CT molecular complexity index is 917. The van der Waals surface area contributed by atoms with Crippen LogP contribution in [0.1, 0.15) is 37.6 Å². The highest BCUT2D eigenvalue weighted by Crippen LogP contribution is 2.20. The molecule has 0 spiro atoms. The van der Waals surface area contributed by atoms with Crippen LogP contribution in [0.4, 0.5) is 24.5 Å². The summed E-state index contributed by atoms with van der Waals surface area (Å²) in [4.78, 5) is 28.7. The van der Waals surface area contributed by atoms with Crippen LogP contribution in [0, 0.1) is 23.4 Å². The molecule has 0 radical (unpaired) electrons. The summed E-state index contributed by atoms with van der Waals surface area (Å²) in [6.45, 7) is 6.93. The molecule has 5 nitrogen and oxygen atoms in total. The van der Waals surface area contributed by atoms with Gasteiger partial charge in [0, 0.05) is 31.4 Å². The van der Waals surface area contributed by atoms with Crippen LogP contribution < -0.4 is 10.2 Å². The van der Waals surface area contributed by atoms with E-state index < -0.39 is 29.0 Å².